The summed E-state index contributed by atoms with van der Waals surface area (Å²) >= 11 is 0. The van der Waals surface area contributed by atoms with Gasteiger partial charge in [0.05, 0.1) is 11.9 Å². The lowest BCUT2D eigenvalue weighted by Crippen LogP contribution is -2.40. The van der Waals surface area contributed by atoms with E-state index in [0.717, 1.165) is 17.7 Å². The highest BCUT2D eigenvalue weighted by molar-refractivity contribution is 7.92. The molecule has 7 nitrogen and oxygen atoms in total. The van der Waals surface area contributed by atoms with Crippen molar-refractivity contribution in [3.8, 4) is 0 Å². The summed E-state index contributed by atoms with van der Waals surface area (Å²) < 4.78 is 30.3. The van der Waals surface area contributed by atoms with Crippen molar-refractivity contribution >= 4 is 15.7 Å². The minimum Gasteiger partial charge on any atom is -0.362 e. The molecule has 0 saturated carbocycles. The molecule has 0 aliphatic carbocycles. The number of anilines is 1. The lowest BCUT2D eigenvalue weighted by Gasteiger charge is -2.33. The van der Waals surface area contributed by atoms with Crippen molar-refractivity contribution in [2.45, 2.75) is 12.8 Å². The van der Waals surface area contributed by atoms with E-state index in [2.05, 4.69) is 10.1 Å². The molecule has 1 aliphatic rings. The summed E-state index contributed by atoms with van der Waals surface area (Å²) in [6, 6.07) is 7.43. The number of para-hydroxylation sites is 1. The number of rotatable bonds is 3. The van der Waals surface area contributed by atoms with Gasteiger partial charge in [-0.3, -0.25) is 4.31 Å². The number of nitrogens with one attached hydrogen (secondary N) is 1. The first-order chi connectivity index (χ1) is 9.93. The predicted octanol–water partition coefficient (Wildman–Crippen LogP) is 0.544. The first kappa shape index (κ1) is 13.9. The summed E-state index contributed by atoms with van der Waals surface area (Å²) in [5.74, 6) is 0.318. The molecule has 0 bridgehead atoms. The number of nitrogens with zero attached hydrogens (tertiary/aromatic N) is 2. The van der Waals surface area contributed by atoms with Crippen molar-refractivity contribution in [3.63, 3.8) is 0 Å². The molecule has 1 atom stereocenters. The normalized spacial score (nSPS) is 18.5. The van der Waals surface area contributed by atoms with Crippen molar-refractivity contribution in [3.05, 3.63) is 46.2 Å². The molecule has 0 radical (unpaired) electrons. The zero-order valence-corrected chi connectivity index (χ0v) is 12.3. The monoisotopic (exact) mass is 309 g/mol. The molecular formula is C13H15N3O4S. The quantitative estimate of drug-likeness (QED) is 0.893. The number of H-pyrrole nitrogens is 1. The Morgan fingerprint density at radius 3 is 2.86 bits per heavy atom. The Balaban J connectivity index is 1.92. The molecule has 1 aromatic heterocycles. The largest absolute Gasteiger partial charge is 0.377 e. The van der Waals surface area contributed by atoms with Crippen LogP contribution in [-0.4, -0.2) is 31.4 Å². The molecule has 3 rings (SSSR count). The molecular weight excluding hydrogens is 294 g/mol. The number of benzene rings is 1. The molecule has 8 heteroatoms. The molecule has 1 aromatic carbocycles. The van der Waals surface area contributed by atoms with Crippen LogP contribution in [0.4, 0.5) is 5.69 Å². The number of hydrogen-bond donors (Lipinski definition) is 1. The lowest BCUT2D eigenvalue weighted by atomic mass is 9.91. The van der Waals surface area contributed by atoms with Crippen molar-refractivity contribution in [1.82, 2.24) is 10.1 Å². The fourth-order valence-electron chi connectivity index (χ4n) is 2.68. The molecule has 0 fully saturated rings. The highest BCUT2D eigenvalue weighted by Crippen LogP contribution is 2.32. The average Bonchev–Trinajstić information content (AvgIpc) is 2.82. The SMILES string of the molecule is CS(=O)(=O)N1C[C@H](Cc2nc(=O)[nH]o2)Cc2ccccc21. The standard InChI is InChI=1S/C13H15N3O4S/c1-21(18,19)16-8-9(7-12-14-13(17)15-20-12)6-10-4-2-3-5-11(10)16/h2-5,9H,6-8H2,1H3,(H,15,17)/t9-/m0/s1. The van der Waals surface area contributed by atoms with E-state index in [1.165, 1.54) is 10.6 Å². The minimum atomic E-state index is -3.35. The third-order valence-corrected chi connectivity index (χ3v) is 4.69. The van der Waals surface area contributed by atoms with Gasteiger partial charge in [-0.2, -0.15) is 10.1 Å². The molecule has 0 saturated heterocycles. The summed E-state index contributed by atoms with van der Waals surface area (Å²) in [5.41, 5.74) is 1.16. The van der Waals surface area contributed by atoms with Gasteiger partial charge in [-0.05, 0) is 24.0 Å². The van der Waals surface area contributed by atoms with Crippen molar-refractivity contribution in [1.29, 1.82) is 0 Å². The molecule has 21 heavy (non-hydrogen) atoms. The maximum absolute atomic E-state index is 12.0. The molecule has 2 heterocycles. The molecule has 2 aromatic rings. The highest BCUT2D eigenvalue weighted by Gasteiger charge is 2.30. The molecule has 0 unspecified atom stereocenters. The van der Waals surface area contributed by atoms with Gasteiger partial charge in [-0.15, -0.1) is 0 Å². The van der Waals surface area contributed by atoms with Crippen molar-refractivity contribution in [2.75, 3.05) is 17.1 Å². The van der Waals surface area contributed by atoms with E-state index in [9.17, 15) is 13.2 Å². The maximum atomic E-state index is 12.0. The second-order valence-electron chi connectivity index (χ2n) is 5.21. The minimum absolute atomic E-state index is 0.0149. The lowest BCUT2D eigenvalue weighted by molar-refractivity contribution is 0.347. The van der Waals surface area contributed by atoms with Gasteiger partial charge in [0.15, 0.2) is 0 Å². The Bertz CT molecular complexity index is 809. The van der Waals surface area contributed by atoms with Crippen LogP contribution in [0.25, 0.3) is 0 Å². The molecule has 0 amide bonds. The predicted molar refractivity (Wildman–Crippen MR) is 76.7 cm³/mol. The van der Waals surface area contributed by atoms with Crippen molar-refractivity contribution in [2.24, 2.45) is 5.92 Å². The number of fused-ring (bicyclic) bond motifs is 1. The number of aromatic nitrogens is 2. The van der Waals surface area contributed by atoms with E-state index in [-0.39, 0.29) is 5.92 Å². The van der Waals surface area contributed by atoms with Crippen LogP contribution in [0, 0.1) is 5.92 Å². The summed E-state index contributed by atoms with van der Waals surface area (Å²) in [6.07, 6.45) is 2.33. The van der Waals surface area contributed by atoms with Gasteiger partial charge in [0.25, 0.3) is 0 Å². The zero-order valence-electron chi connectivity index (χ0n) is 11.4. The fraction of sp³-hybridized carbons (Fsp3) is 0.385. The second kappa shape index (κ2) is 5.03. The zero-order chi connectivity index (χ0) is 15.0. The van der Waals surface area contributed by atoms with Crippen LogP contribution in [0.15, 0.2) is 33.6 Å². The Labute approximate surface area is 121 Å². The van der Waals surface area contributed by atoms with E-state index in [1.54, 1.807) is 6.07 Å². The second-order valence-corrected chi connectivity index (χ2v) is 7.12. The smallest absolute Gasteiger partial charge is 0.362 e. The summed E-state index contributed by atoms with van der Waals surface area (Å²) in [6.45, 7) is 0.354. The van der Waals surface area contributed by atoms with Gasteiger partial charge in [0, 0.05) is 13.0 Å². The number of aromatic amines is 1. The van der Waals surface area contributed by atoms with E-state index in [0.29, 0.717) is 18.9 Å². The first-order valence-electron chi connectivity index (χ1n) is 6.53. The number of hydrogen-bond acceptors (Lipinski definition) is 5. The van der Waals surface area contributed by atoms with Gasteiger partial charge < -0.3 is 4.52 Å². The average molecular weight is 309 g/mol. The van der Waals surface area contributed by atoms with Gasteiger partial charge in [0.2, 0.25) is 15.9 Å². The molecule has 1 aliphatic heterocycles. The first-order valence-corrected chi connectivity index (χ1v) is 8.38. The molecule has 112 valence electrons. The summed E-state index contributed by atoms with van der Waals surface area (Å²) in [5, 5.41) is 2.15. The molecule has 1 N–H and O–H groups in total. The van der Waals surface area contributed by atoms with Crippen LogP contribution in [-0.2, 0) is 22.9 Å². The van der Waals surface area contributed by atoms with E-state index in [4.69, 9.17) is 4.52 Å². The van der Waals surface area contributed by atoms with Gasteiger partial charge in [-0.25, -0.2) is 13.2 Å². The number of sulfonamides is 1. The van der Waals surface area contributed by atoms with Crippen LogP contribution in [0.2, 0.25) is 0 Å². The van der Waals surface area contributed by atoms with Crippen LogP contribution < -0.4 is 9.99 Å². The van der Waals surface area contributed by atoms with Crippen LogP contribution >= 0.6 is 0 Å². The van der Waals surface area contributed by atoms with Gasteiger partial charge >= 0.3 is 5.69 Å². The fourth-order valence-corrected chi connectivity index (χ4v) is 3.70. The van der Waals surface area contributed by atoms with E-state index >= 15 is 0 Å². The summed E-state index contributed by atoms with van der Waals surface area (Å²) in [7, 11) is -3.35. The Morgan fingerprint density at radius 1 is 1.43 bits per heavy atom. The summed E-state index contributed by atoms with van der Waals surface area (Å²) in [4.78, 5) is 14.7. The van der Waals surface area contributed by atoms with Crippen molar-refractivity contribution < 1.29 is 12.9 Å². The van der Waals surface area contributed by atoms with Gasteiger partial charge in [-0.1, -0.05) is 18.2 Å². The third-order valence-electron chi connectivity index (χ3n) is 3.54. The maximum Gasteiger partial charge on any atom is 0.377 e. The van der Waals surface area contributed by atoms with Gasteiger partial charge in [0.1, 0.15) is 0 Å². The van der Waals surface area contributed by atoms with Crippen LogP contribution in [0.3, 0.4) is 0 Å². The topological polar surface area (TPSA) is 96.3 Å². The Morgan fingerprint density at radius 2 is 2.19 bits per heavy atom. The van der Waals surface area contributed by atoms with Crippen LogP contribution in [0.5, 0.6) is 0 Å². The third kappa shape index (κ3) is 2.85. The molecule has 0 spiro atoms. The highest BCUT2D eigenvalue weighted by atomic mass is 32.2. The Kier molecular flexibility index (Phi) is 3.32. The van der Waals surface area contributed by atoms with Crippen LogP contribution in [0.1, 0.15) is 11.5 Å². The van der Waals surface area contributed by atoms with E-state index in [1.807, 2.05) is 18.2 Å². The Hall–Kier alpha value is -2.09. The van der Waals surface area contributed by atoms with E-state index < -0.39 is 15.7 Å².